The van der Waals surface area contributed by atoms with Gasteiger partial charge in [0.15, 0.2) is 0 Å². The van der Waals surface area contributed by atoms with Gasteiger partial charge >= 0.3 is 138 Å². The second kappa shape index (κ2) is 32.6. The molecule has 0 saturated carbocycles. The molecule has 6 aromatic rings. The zero-order valence-corrected chi connectivity index (χ0v) is 56.8. The number of amides is 2. The number of halogens is 1. The third kappa shape index (κ3) is 19.4. The number of carbonyl (C=O) groups excluding carboxylic acids is 3. The molecule has 0 radical (unpaired) electrons. The van der Waals surface area contributed by atoms with Crippen LogP contribution in [0.1, 0.15) is 77.8 Å². The molecule has 3 atom stereocenters. The quantitative estimate of drug-likeness (QED) is 0.0512. The number of benzene rings is 4. The van der Waals surface area contributed by atoms with Gasteiger partial charge < -0.3 is 50.6 Å². The van der Waals surface area contributed by atoms with Crippen molar-refractivity contribution in [3.63, 3.8) is 0 Å². The van der Waals surface area contributed by atoms with Crippen molar-refractivity contribution in [3.05, 3.63) is 156 Å². The Morgan fingerprint density at radius 3 is 1.62 bits per heavy atom. The second-order valence-corrected chi connectivity index (χ2v) is 19.9. The van der Waals surface area contributed by atoms with Gasteiger partial charge in [0.25, 0.3) is 6.47 Å². The van der Waals surface area contributed by atoms with Crippen molar-refractivity contribution >= 4 is 29.9 Å². The van der Waals surface area contributed by atoms with Crippen molar-refractivity contribution in [2.75, 3.05) is 52.0 Å². The maximum atomic E-state index is 13.2. The normalized spacial score (nSPS) is 14.4. The van der Waals surface area contributed by atoms with Gasteiger partial charge in [-0.3, -0.25) is 14.4 Å². The topological polar surface area (TPSA) is 196 Å². The van der Waals surface area contributed by atoms with E-state index in [1.807, 2.05) is 96.0 Å². The Morgan fingerprint density at radius 1 is 0.781 bits per heavy atom. The van der Waals surface area contributed by atoms with Gasteiger partial charge in [-0.25, -0.2) is 9.97 Å². The summed E-state index contributed by atoms with van der Waals surface area (Å²) in [6, 6.07) is 39.8. The molecule has 0 spiro atoms. The summed E-state index contributed by atoms with van der Waals surface area (Å²) in [5.74, 6) is 0.475. The van der Waals surface area contributed by atoms with Crippen LogP contribution in [0.5, 0.6) is 0 Å². The van der Waals surface area contributed by atoms with Gasteiger partial charge in [-0.1, -0.05) is 163 Å². The Balaban J connectivity index is 0.000000455. The maximum Gasteiger partial charge on any atom is 1.00 e. The van der Waals surface area contributed by atoms with Crippen molar-refractivity contribution in [2.45, 2.75) is 66.7 Å². The summed E-state index contributed by atoms with van der Waals surface area (Å²) in [5, 5.41) is 37.7. The first-order chi connectivity index (χ1) is 34.1. The number of hydrogen-bond donors (Lipinski definition) is 3. The van der Waals surface area contributed by atoms with Gasteiger partial charge in [-0.2, -0.15) is 0 Å². The zero-order chi connectivity index (χ0) is 51.6. The Hall–Kier alpha value is -2.10. The smallest absolute Gasteiger partial charge is 1.00 e. The number of ether oxygens (including phenoxy) is 1. The van der Waals surface area contributed by atoms with Crippen LogP contribution in [0.25, 0.3) is 22.5 Å². The first kappa shape index (κ1) is 65.2. The van der Waals surface area contributed by atoms with Crippen molar-refractivity contribution < 1.29 is 184 Å². The number of imidazole rings is 2. The van der Waals surface area contributed by atoms with Gasteiger partial charge in [-0.05, 0) is 22.0 Å². The van der Waals surface area contributed by atoms with Crippen LogP contribution in [0.15, 0.2) is 134 Å². The van der Waals surface area contributed by atoms with Crippen LogP contribution >= 0.6 is 11.6 Å². The molecule has 73 heavy (non-hydrogen) atoms. The molecule has 0 bridgehead atoms. The number of carbonyl (C=O) groups is 3. The number of nitrogens with zero attached hydrogens (tertiary/aromatic N) is 6. The SMILES string of the molecule is CC(C)(C)C(c1nc(-c2ccccc2)cn1Cc1ccccc1)N1CC(CO)COCC1=O.CC(C)(C)[C@H](c1nc(-c2ccccc2)cn1Cc1ccccc1)N(CC(CO)CO)C(=O)CCl.O=CO[O-].[Cs+].[Cs+].[H-]. The van der Waals surface area contributed by atoms with Gasteiger partial charge in [0, 0.05) is 81.4 Å². The number of aromatic nitrogens is 4. The molecule has 15 nitrogen and oxygen atoms in total. The molecule has 1 saturated heterocycles. The van der Waals surface area contributed by atoms with Crippen molar-refractivity contribution in [1.29, 1.82) is 0 Å². The molecule has 1 aliphatic rings. The number of aliphatic hydroxyl groups is 3. The first-order valence-electron chi connectivity index (χ1n) is 23.7. The predicted octanol–water partition coefficient (Wildman–Crippen LogP) is 1.06. The Labute approximate surface area is 554 Å². The summed E-state index contributed by atoms with van der Waals surface area (Å²) in [7, 11) is 0. The molecule has 3 N–H and O–H groups in total. The molecule has 1 aliphatic heterocycles. The average molecular weight is 1260 g/mol. The summed E-state index contributed by atoms with van der Waals surface area (Å²) < 4.78 is 9.82. The van der Waals surface area contributed by atoms with E-state index in [4.69, 9.17) is 36.4 Å². The number of hydrogen-bond acceptors (Lipinski definition) is 11. The van der Waals surface area contributed by atoms with Crippen molar-refractivity contribution in [3.8, 4) is 22.5 Å². The van der Waals surface area contributed by atoms with E-state index in [9.17, 15) is 24.9 Å². The molecule has 0 aliphatic carbocycles. The summed E-state index contributed by atoms with van der Waals surface area (Å²) in [5.41, 5.74) is 5.33. The molecule has 2 amide bonds. The monoisotopic (exact) mass is 1260 g/mol. The second-order valence-electron chi connectivity index (χ2n) is 19.7. The molecule has 7 rings (SSSR count). The predicted molar refractivity (Wildman–Crippen MR) is 272 cm³/mol. The maximum absolute atomic E-state index is 13.2. The summed E-state index contributed by atoms with van der Waals surface area (Å²) in [6.45, 7) is 14.2. The minimum absolute atomic E-state index is 0. The standard InChI is InChI=1S/C27H34ClN3O3.C27H33N3O3.CH2O3.2Cs.H/c1-27(2,3)25(31(24(34)14-28)16-21(18-32)19-33)26-29-23(22-12-8-5-9-13-22)17-30(26)15-20-10-6-4-7-11-20;1-27(2,3)25(30-15-21(17-31)18-33-19-24(30)32)26-28-23(22-12-8-5-9-13-22)16-29(26)14-20-10-6-4-7-11-20;2-1-4-3;;;/h4-13,17,21,25,32-33H,14-16,18-19H2,1-3H3;4-13,16,21,25,31H,14-15,17-19H2,1-3H3;1,3H;;;/q;;;2*+1;-1/p-1/t25-;;;;;/m0...../s1. The van der Waals surface area contributed by atoms with Crippen molar-refractivity contribution in [1.82, 2.24) is 28.9 Å². The van der Waals surface area contributed by atoms with Crippen LogP contribution in [-0.2, 0) is 37.1 Å². The van der Waals surface area contributed by atoms with E-state index in [-0.39, 0.29) is 214 Å². The van der Waals surface area contributed by atoms with E-state index < -0.39 is 17.4 Å². The summed E-state index contributed by atoms with van der Waals surface area (Å²) >= 11 is 6.03. The number of aliphatic hydroxyl groups excluding tert-OH is 3. The number of rotatable bonds is 17. The zero-order valence-electron chi connectivity index (χ0n) is 44.5. The van der Waals surface area contributed by atoms with E-state index >= 15 is 0 Å². The molecule has 382 valence electrons. The Bertz CT molecular complexity index is 2550. The minimum atomic E-state index is -0.469. The third-order valence-corrected chi connectivity index (χ3v) is 12.2. The van der Waals surface area contributed by atoms with Crippen LogP contribution in [0.3, 0.4) is 0 Å². The number of alkyl halides is 1. The van der Waals surface area contributed by atoms with Crippen LogP contribution in [0.4, 0.5) is 0 Å². The molecule has 1 fully saturated rings. The fraction of sp³-hybridized carbons (Fsp3) is 0.400. The van der Waals surface area contributed by atoms with Crippen LogP contribution in [0, 0.1) is 22.7 Å². The minimum Gasteiger partial charge on any atom is -1.00 e. The van der Waals surface area contributed by atoms with E-state index in [1.165, 1.54) is 5.56 Å². The van der Waals surface area contributed by atoms with E-state index in [1.54, 1.807) is 4.90 Å². The molecule has 3 heterocycles. The van der Waals surface area contributed by atoms with E-state index in [0.29, 0.717) is 26.2 Å². The average Bonchev–Trinajstić information content (AvgIpc) is 3.92. The van der Waals surface area contributed by atoms with Gasteiger partial charge in [0.1, 0.15) is 24.1 Å². The molecule has 4 aromatic carbocycles. The molecular weight excluding hydrogens is 1190 g/mol. The van der Waals surface area contributed by atoms with E-state index in [2.05, 4.69) is 98.2 Å². The van der Waals surface area contributed by atoms with Crippen molar-refractivity contribution in [2.24, 2.45) is 22.7 Å². The first-order valence-corrected chi connectivity index (χ1v) is 24.2. The van der Waals surface area contributed by atoms with Gasteiger partial charge in [-0.15, -0.1) is 11.6 Å². The molecule has 2 unspecified atom stereocenters. The molecule has 18 heteroatoms. The van der Waals surface area contributed by atoms with E-state index in [0.717, 1.165) is 39.7 Å². The fourth-order valence-electron chi connectivity index (χ4n) is 8.66. The Kier molecular flexibility index (Phi) is 29.1. The van der Waals surface area contributed by atoms with Gasteiger partial charge in [0.2, 0.25) is 11.8 Å². The Morgan fingerprint density at radius 2 is 1.22 bits per heavy atom. The largest absolute Gasteiger partial charge is 1.00 e. The molecule has 2 aromatic heterocycles. The van der Waals surface area contributed by atoms with Crippen LogP contribution in [-0.4, -0.2) is 115 Å². The van der Waals surface area contributed by atoms with Crippen LogP contribution < -0.4 is 143 Å². The fourth-order valence-corrected chi connectivity index (χ4v) is 8.82. The van der Waals surface area contributed by atoms with Crippen LogP contribution in [0.2, 0.25) is 0 Å². The molecular formula is C55H69ClCs2N6O9. The van der Waals surface area contributed by atoms with Gasteiger partial charge in [0.05, 0.1) is 30.1 Å². The summed E-state index contributed by atoms with van der Waals surface area (Å²) in [6.07, 6.45) is 4.11. The third-order valence-electron chi connectivity index (χ3n) is 12.0. The summed E-state index contributed by atoms with van der Waals surface area (Å²) in [4.78, 5) is 51.2.